The Morgan fingerprint density at radius 1 is 1.00 bits per heavy atom. The second-order valence-electron chi connectivity index (χ2n) is 4.38. The first-order valence-electron chi connectivity index (χ1n) is 5.97. The van der Waals surface area contributed by atoms with Crippen LogP contribution in [0.1, 0.15) is 16.8 Å². The monoisotopic (exact) mass is 276 g/mol. The molecule has 0 amide bonds. The van der Waals surface area contributed by atoms with Gasteiger partial charge in [-0.05, 0) is 23.3 Å². The van der Waals surface area contributed by atoms with E-state index in [1.165, 1.54) is 0 Å². The number of rotatable bonds is 5. The molecule has 0 spiro atoms. The Morgan fingerprint density at radius 2 is 1.68 bits per heavy atom. The van der Waals surface area contributed by atoms with Crippen molar-refractivity contribution in [2.45, 2.75) is 18.1 Å². The average molecular weight is 276 g/mol. The van der Waals surface area contributed by atoms with E-state index in [-0.39, 0.29) is 11.5 Å². The molecule has 0 atom stereocenters. The van der Waals surface area contributed by atoms with Crippen LogP contribution in [0.4, 0.5) is 0 Å². The summed E-state index contributed by atoms with van der Waals surface area (Å²) >= 11 is 0. The van der Waals surface area contributed by atoms with Crippen molar-refractivity contribution in [1.82, 2.24) is 4.98 Å². The van der Waals surface area contributed by atoms with Gasteiger partial charge in [-0.15, -0.1) is 0 Å². The van der Waals surface area contributed by atoms with Gasteiger partial charge in [-0.3, -0.25) is 4.98 Å². The number of nitrogens with zero attached hydrogens (tertiary/aromatic N) is 1. The number of hydrogen-bond donors (Lipinski definition) is 1. The lowest BCUT2D eigenvalue weighted by Crippen LogP contribution is -2.08. The van der Waals surface area contributed by atoms with Crippen LogP contribution < -0.4 is 5.73 Å². The second-order valence-corrected chi connectivity index (χ2v) is 6.44. The van der Waals surface area contributed by atoms with Crippen molar-refractivity contribution < 1.29 is 8.42 Å². The van der Waals surface area contributed by atoms with E-state index in [2.05, 4.69) is 4.98 Å². The molecule has 0 fully saturated rings. The summed E-state index contributed by atoms with van der Waals surface area (Å²) in [7, 11) is -3.18. The summed E-state index contributed by atoms with van der Waals surface area (Å²) in [5.74, 6) is 0.0610. The number of nitrogens with two attached hydrogens (primary N) is 1. The van der Waals surface area contributed by atoms with Crippen molar-refractivity contribution in [3.63, 3.8) is 0 Å². The van der Waals surface area contributed by atoms with E-state index >= 15 is 0 Å². The summed E-state index contributed by atoms with van der Waals surface area (Å²) in [6.45, 7) is 0.312. The van der Waals surface area contributed by atoms with Crippen molar-refractivity contribution in [2.75, 3.05) is 0 Å². The molecule has 2 aromatic rings. The summed E-state index contributed by atoms with van der Waals surface area (Å²) in [6, 6.07) is 12.6. The summed E-state index contributed by atoms with van der Waals surface area (Å²) in [5.41, 5.74) is 7.73. The summed E-state index contributed by atoms with van der Waals surface area (Å²) in [6.07, 6.45) is 1.59. The maximum absolute atomic E-state index is 12.1. The molecule has 19 heavy (non-hydrogen) atoms. The predicted molar refractivity (Wildman–Crippen MR) is 74.9 cm³/mol. The molecule has 0 bridgehead atoms. The highest BCUT2D eigenvalue weighted by molar-refractivity contribution is 7.89. The van der Waals surface area contributed by atoms with Gasteiger partial charge in [-0.2, -0.15) is 0 Å². The molecule has 0 aliphatic rings. The van der Waals surface area contributed by atoms with Crippen LogP contribution in [0.3, 0.4) is 0 Å². The van der Waals surface area contributed by atoms with E-state index in [9.17, 15) is 8.42 Å². The van der Waals surface area contributed by atoms with Crippen molar-refractivity contribution in [3.05, 3.63) is 65.5 Å². The number of sulfone groups is 1. The van der Waals surface area contributed by atoms with Crippen molar-refractivity contribution in [1.29, 1.82) is 0 Å². The molecule has 0 aliphatic heterocycles. The first-order chi connectivity index (χ1) is 9.09. The fourth-order valence-electron chi connectivity index (χ4n) is 1.86. The van der Waals surface area contributed by atoms with Crippen LogP contribution in [0.2, 0.25) is 0 Å². The van der Waals surface area contributed by atoms with Gasteiger partial charge in [0.2, 0.25) is 0 Å². The van der Waals surface area contributed by atoms with Gasteiger partial charge in [0.25, 0.3) is 0 Å². The molecular formula is C14H16N2O2S. The molecule has 0 radical (unpaired) electrons. The Labute approximate surface area is 113 Å². The third kappa shape index (κ3) is 4.15. The lowest BCUT2D eigenvalue weighted by Gasteiger charge is -2.06. The maximum atomic E-state index is 12.1. The van der Waals surface area contributed by atoms with Gasteiger partial charge >= 0.3 is 0 Å². The number of benzene rings is 1. The van der Waals surface area contributed by atoms with E-state index in [1.807, 2.05) is 30.3 Å². The SMILES string of the molecule is NCc1cc(CS(=O)(=O)Cc2ccccc2)ccn1. The van der Waals surface area contributed by atoms with Crippen LogP contribution in [0.5, 0.6) is 0 Å². The Hall–Kier alpha value is -1.72. The quantitative estimate of drug-likeness (QED) is 0.901. The fraction of sp³-hybridized carbons (Fsp3) is 0.214. The van der Waals surface area contributed by atoms with Crippen LogP contribution in [-0.2, 0) is 27.9 Å². The zero-order valence-corrected chi connectivity index (χ0v) is 11.3. The van der Waals surface area contributed by atoms with Crippen molar-refractivity contribution >= 4 is 9.84 Å². The average Bonchev–Trinajstić information content (AvgIpc) is 2.39. The molecule has 5 heteroatoms. The summed E-state index contributed by atoms with van der Waals surface area (Å²) in [5, 5.41) is 0. The van der Waals surface area contributed by atoms with E-state index in [1.54, 1.807) is 18.3 Å². The van der Waals surface area contributed by atoms with Gasteiger partial charge in [0.05, 0.1) is 17.2 Å². The molecule has 0 unspecified atom stereocenters. The Bertz CT molecular complexity index is 640. The van der Waals surface area contributed by atoms with Gasteiger partial charge in [0, 0.05) is 12.7 Å². The largest absolute Gasteiger partial charge is 0.325 e. The molecule has 4 nitrogen and oxygen atoms in total. The van der Waals surface area contributed by atoms with Gasteiger partial charge in [0.1, 0.15) is 0 Å². The summed E-state index contributed by atoms with van der Waals surface area (Å²) < 4.78 is 24.2. The van der Waals surface area contributed by atoms with E-state index in [0.29, 0.717) is 12.2 Å². The predicted octanol–water partition coefficient (Wildman–Crippen LogP) is 1.66. The van der Waals surface area contributed by atoms with Crippen LogP contribution in [-0.4, -0.2) is 13.4 Å². The third-order valence-electron chi connectivity index (χ3n) is 2.71. The highest BCUT2D eigenvalue weighted by atomic mass is 32.2. The minimum Gasteiger partial charge on any atom is -0.325 e. The van der Waals surface area contributed by atoms with Crippen LogP contribution in [0.15, 0.2) is 48.7 Å². The maximum Gasteiger partial charge on any atom is 0.158 e. The third-order valence-corrected chi connectivity index (χ3v) is 4.25. The highest BCUT2D eigenvalue weighted by Crippen LogP contribution is 2.12. The van der Waals surface area contributed by atoms with E-state index in [4.69, 9.17) is 5.73 Å². The van der Waals surface area contributed by atoms with E-state index in [0.717, 1.165) is 11.1 Å². The molecule has 0 saturated heterocycles. The van der Waals surface area contributed by atoms with Gasteiger partial charge in [0.15, 0.2) is 9.84 Å². The first kappa shape index (κ1) is 13.7. The number of hydrogen-bond acceptors (Lipinski definition) is 4. The molecule has 0 aliphatic carbocycles. The molecule has 1 aromatic carbocycles. The minimum absolute atomic E-state index is 0.0113. The van der Waals surface area contributed by atoms with Crippen LogP contribution in [0, 0.1) is 0 Å². The lowest BCUT2D eigenvalue weighted by atomic mass is 10.2. The molecule has 2 N–H and O–H groups in total. The Kier molecular flexibility index (Phi) is 4.29. The molecule has 1 aromatic heterocycles. The van der Waals surface area contributed by atoms with Crippen molar-refractivity contribution in [2.24, 2.45) is 5.73 Å². The molecule has 0 saturated carbocycles. The fourth-order valence-corrected chi connectivity index (χ4v) is 3.35. The lowest BCUT2D eigenvalue weighted by molar-refractivity contribution is 0.594. The Morgan fingerprint density at radius 3 is 2.37 bits per heavy atom. The normalized spacial score (nSPS) is 11.4. The topological polar surface area (TPSA) is 73.1 Å². The highest BCUT2D eigenvalue weighted by Gasteiger charge is 2.13. The van der Waals surface area contributed by atoms with Gasteiger partial charge in [-0.25, -0.2) is 8.42 Å². The first-order valence-corrected chi connectivity index (χ1v) is 7.79. The second kappa shape index (κ2) is 5.95. The zero-order valence-electron chi connectivity index (χ0n) is 10.5. The smallest absolute Gasteiger partial charge is 0.158 e. The standard InChI is InChI=1S/C14H16N2O2S/c15-9-14-8-13(6-7-16-14)11-19(17,18)10-12-4-2-1-3-5-12/h1-8H,9-11,15H2. The van der Waals surface area contributed by atoms with Gasteiger partial charge < -0.3 is 5.73 Å². The molecule has 2 rings (SSSR count). The van der Waals surface area contributed by atoms with Gasteiger partial charge in [-0.1, -0.05) is 30.3 Å². The van der Waals surface area contributed by atoms with Crippen LogP contribution >= 0.6 is 0 Å². The Balaban J connectivity index is 2.12. The summed E-state index contributed by atoms with van der Waals surface area (Å²) in [4.78, 5) is 4.05. The van der Waals surface area contributed by atoms with E-state index < -0.39 is 9.84 Å². The van der Waals surface area contributed by atoms with Crippen molar-refractivity contribution in [3.8, 4) is 0 Å². The zero-order chi connectivity index (χ0) is 13.7. The molecule has 100 valence electrons. The number of aromatic nitrogens is 1. The molecule has 1 heterocycles. The number of pyridine rings is 1. The van der Waals surface area contributed by atoms with Crippen LogP contribution in [0.25, 0.3) is 0 Å². The minimum atomic E-state index is -3.18. The molecular weight excluding hydrogens is 260 g/mol.